The molecule has 0 radical (unpaired) electrons. The summed E-state index contributed by atoms with van der Waals surface area (Å²) in [7, 11) is 0. The van der Waals surface area contributed by atoms with E-state index in [1.54, 1.807) is 12.1 Å². The highest BCUT2D eigenvalue weighted by Gasteiger charge is 2.10. The third-order valence-corrected chi connectivity index (χ3v) is 1.99. The third kappa shape index (κ3) is 1.40. The van der Waals surface area contributed by atoms with Crippen LogP contribution in [0.2, 0.25) is 0 Å². The molecule has 0 saturated heterocycles. The Bertz CT molecular complexity index is 439. The predicted molar refractivity (Wildman–Crippen MR) is 49.8 cm³/mol. The van der Waals surface area contributed by atoms with Crippen LogP contribution in [-0.4, -0.2) is 4.98 Å². The van der Waals surface area contributed by atoms with Gasteiger partial charge in [0.25, 0.3) is 0 Å². The van der Waals surface area contributed by atoms with Gasteiger partial charge in [-0.1, -0.05) is 0 Å². The predicted octanol–water partition coefficient (Wildman–Crippen LogP) is 1.94. The standard InChI is InChI=1S/C10H9FN2O/c11-9-6-13-3-1-7(9)8-2-4-14-10(8)5-12/h1-4,6H,5,12H2. The fourth-order valence-corrected chi connectivity index (χ4v) is 1.33. The van der Waals surface area contributed by atoms with Crippen LogP contribution in [0.1, 0.15) is 5.76 Å². The smallest absolute Gasteiger partial charge is 0.149 e. The van der Waals surface area contributed by atoms with Crippen LogP contribution < -0.4 is 5.73 Å². The van der Waals surface area contributed by atoms with Crippen molar-refractivity contribution in [3.8, 4) is 11.1 Å². The molecule has 0 amide bonds. The second-order valence-corrected chi connectivity index (χ2v) is 2.82. The Labute approximate surface area is 80.4 Å². The van der Waals surface area contributed by atoms with Crippen LogP contribution in [0.15, 0.2) is 35.2 Å². The van der Waals surface area contributed by atoms with Crippen molar-refractivity contribution in [2.45, 2.75) is 6.54 Å². The quantitative estimate of drug-likeness (QED) is 0.791. The topological polar surface area (TPSA) is 52.0 Å². The van der Waals surface area contributed by atoms with E-state index in [1.165, 1.54) is 18.7 Å². The molecule has 0 aliphatic rings. The normalized spacial score (nSPS) is 10.4. The van der Waals surface area contributed by atoms with E-state index in [2.05, 4.69) is 4.98 Å². The SMILES string of the molecule is NCc1occc1-c1ccncc1F. The van der Waals surface area contributed by atoms with Gasteiger partial charge in [0.05, 0.1) is 19.0 Å². The van der Waals surface area contributed by atoms with E-state index in [9.17, 15) is 4.39 Å². The van der Waals surface area contributed by atoms with Gasteiger partial charge in [-0.25, -0.2) is 4.39 Å². The maximum Gasteiger partial charge on any atom is 0.149 e. The fourth-order valence-electron chi connectivity index (χ4n) is 1.33. The summed E-state index contributed by atoms with van der Waals surface area (Å²) in [6, 6.07) is 3.29. The molecule has 0 saturated carbocycles. The first-order valence-corrected chi connectivity index (χ1v) is 4.19. The highest BCUT2D eigenvalue weighted by molar-refractivity contribution is 5.65. The van der Waals surface area contributed by atoms with Gasteiger partial charge in [-0.15, -0.1) is 0 Å². The number of hydrogen-bond donors (Lipinski definition) is 1. The Morgan fingerprint density at radius 1 is 1.36 bits per heavy atom. The summed E-state index contributed by atoms with van der Waals surface area (Å²) < 4.78 is 18.4. The number of halogens is 1. The highest BCUT2D eigenvalue weighted by atomic mass is 19.1. The minimum Gasteiger partial charge on any atom is -0.467 e. The molecule has 0 atom stereocenters. The molecule has 0 unspecified atom stereocenters. The zero-order chi connectivity index (χ0) is 9.97. The van der Waals surface area contributed by atoms with Gasteiger partial charge < -0.3 is 10.2 Å². The van der Waals surface area contributed by atoms with E-state index in [0.29, 0.717) is 16.9 Å². The van der Waals surface area contributed by atoms with Crippen LogP contribution in [0.5, 0.6) is 0 Å². The first-order chi connectivity index (χ1) is 6.83. The van der Waals surface area contributed by atoms with Crippen LogP contribution in [0.25, 0.3) is 11.1 Å². The van der Waals surface area contributed by atoms with Crippen LogP contribution in [-0.2, 0) is 6.54 Å². The van der Waals surface area contributed by atoms with Crippen molar-refractivity contribution < 1.29 is 8.81 Å². The largest absolute Gasteiger partial charge is 0.467 e. The van der Waals surface area contributed by atoms with E-state index >= 15 is 0 Å². The zero-order valence-corrected chi connectivity index (χ0v) is 7.40. The number of aromatic nitrogens is 1. The molecule has 2 rings (SSSR count). The number of nitrogens with zero attached hydrogens (tertiary/aromatic N) is 1. The molecule has 0 fully saturated rings. The number of rotatable bonds is 2. The molecule has 0 aliphatic carbocycles. The second-order valence-electron chi connectivity index (χ2n) is 2.82. The summed E-state index contributed by atoms with van der Waals surface area (Å²) >= 11 is 0. The van der Waals surface area contributed by atoms with Gasteiger partial charge in [0.1, 0.15) is 11.6 Å². The van der Waals surface area contributed by atoms with Gasteiger partial charge in [-0.3, -0.25) is 4.98 Å². The molecule has 14 heavy (non-hydrogen) atoms. The highest BCUT2D eigenvalue weighted by Crippen LogP contribution is 2.26. The molecule has 0 spiro atoms. The van der Waals surface area contributed by atoms with Gasteiger partial charge in [0, 0.05) is 17.3 Å². The number of hydrogen-bond acceptors (Lipinski definition) is 3. The number of furan rings is 1. The lowest BCUT2D eigenvalue weighted by Crippen LogP contribution is -1.96. The van der Waals surface area contributed by atoms with Crippen molar-refractivity contribution in [1.82, 2.24) is 4.98 Å². The third-order valence-electron chi connectivity index (χ3n) is 1.99. The van der Waals surface area contributed by atoms with Crippen molar-refractivity contribution >= 4 is 0 Å². The Morgan fingerprint density at radius 3 is 2.93 bits per heavy atom. The lowest BCUT2D eigenvalue weighted by Gasteiger charge is -2.00. The fraction of sp³-hybridized carbons (Fsp3) is 0.100. The van der Waals surface area contributed by atoms with E-state index in [4.69, 9.17) is 10.2 Å². The van der Waals surface area contributed by atoms with Gasteiger partial charge in [-0.05, 0) is 12.1 Å². The molecular formula is C10H9FN2O. The van der Waals surface area contributed by atoms with Crippen molar-refractivity contribution in [3.05, 3.63) is 42.4 Å². The molecule has 2 aromatic rings. The summed E-state index contributed by atoms with van der Waals surface area (Å²) in [5.74, 6) is 0.207. The van der Waals surface area contributed by atoms with E-state index < -0.39 is 0 Å². The number of nitrogens with two attached hydrogens (primary N) is 1. The zero-order valence-electron chi connectivity index (χ0n) is 7.40. The van der Waals surface area contributed by atoms with Crippen molar-refractivity contribution in [2.75, 3.05) is 0 Å². The lowest BCUT2D eigenvalue weighted by molar-refractivity contribution is 0.513. The molecule has 0 bridgehead atoms. The molecule has 3 nitrogen and oxygen atoms in total. The minimum absolute atomic E-state index is 0.254. The first kappa shape index (κ1) is 8.90. The molecule has 0 aliphatic heterocycles. The summed E-state index contributed by atoms with van der Waals surface area (Å²) in [6.07, 6.45) is 4.20. The van der Waals surface area contributed by atoms with Gasteiger partial charge >= 0.3 is 0 Å². The number of pyridine rings is 1. The van der Waals surface area contributed by atoms with Gasteiger partial charge in [0.15, 0.2) is 0 Å². The molecular weight excluding hydrogens is 183 g/mol. The summed E-state index contributed by atoms with van der Waals surface area (Å²) in [4.78, 5) is 3.67. The Hall–Kier alpha value is -1.68. The van der Waals surface area contributed by atoms with E-state index in [1.807, 2.05) is 0 Å². The first-order valence-electron chi connectivity index (χ1n) is 4.19. The summed E-state index contributed by atoms with van der Waals surface area (Å²) in [5.41, 5.74) is 6.60. The van der Waals surface area contributed by atoms with Crippen molar-refractivity contribution in [1.29, 1.82) is 0 Å². The Morgan fingerprint density at radius 2 is 2.21 bits per heavy atom. The van der Waals surface area contributed by atoms with Gasteiger partial charge in [0.2, 0.25) is 0 Å². The molecule has 0 aromatic carbocycles. The Kier molecular flexibility index (Phi) is 2.28. The van der Waals surface area contributed by atoms with Crippen LogP contribution in [0.3, 0.4) is 0 Å². The molecule has 4 heteroatoms. The minimum atomic E-state index is -0.372. The molecule has 2 aromatic heterocycles. The second kappa shape index (κ2) is 3.59. The average Bonchev–Trinajstić information content (AvgIpc) is 2.66. The maximum absolute atomic E-state index is 13.3. The van der Waals surface area contributed by atoms with Crippen molar-refractivity contribution in [3.63, 3.8) is 0 Å². The molecule has 2 heterocycles. The maximum atomic E-state index is 13.3. The van der Waals surface area contributed by atoms with Crippen LogP contribution >= 0.6 is 0 Å². The summed E-state index contributed by atoms with van der Waals surface area (Å²) in [5, 5.41) is 0. The lowest BCUT2D eigenvalue weighted by atomic mass is 10.1. The van der Waals surface area contributed by atoms with E-state index in [0.717, 1.165) is 0 Å². The molecule has 2 N–H and O–H groups in total. The van der Waals surface area contributed by atoms with Crippen molar-refractivity contribution in [2.24, 2.45) is 5.73 Å². The Balaban J connectivity index is 2.54. The van der Waals surface area contributed by atoms with Crippen LogP contribution in [0, 0.1) is 5.82 Å². The van der Waals surface area contributed by atoms with Gasteiger partial charge in [-0.2, -0.15) is 0 Å². The average molecular weight is 192 g/mol. The summed E-state index contributed by atoms with van der Waals surface area (Å²) in [6.45, 7) is 0.254. The molecule has 72 valence electrons. The van der Waals surface area contributed by atoms with Crippen LogP contribution in [0.4, 0.5) is 4.39 Å². The monoisotopic (exact) mass is 192 g/mol. The van der Waals surface area contributed by atoms with E-state index in [-0.39, 0.29) is 12.4 Å².